The van der Waals surface area contributed by atoms with Crippen LogP contribution in [0.15, 0.2) is 77.9 Å². The molecule has 2 atom stereocenters. The van der Waals surface area contributed by atoms with Gasteiger partial charge >= 0.3 is 5.92 Å². The maximum Gasteiger partial charge on any atom is 0.321 e. The highest BCUT2D eigenvalue weighted by molar-refractivity contribution is 5.83. The van der Waals surface area contributed by atoms with Crippen LogP contribution in [0.1, 0.15) is 32.4 Å². The number of benzene rings is 2. The standard InChI is InChI=1S/C27H28F2N4O3/c1-17(2)23(31-26(35)27(3,28)29)24(18-9-6-5-7-10-18)36-20-12-13-21-19(15-20)16-30-33(21)22-11-8-14-32(4)25(22)34/h5-17,23-24H,1-4H3,(H,31,35)/t23-,24+/m0/s1. The van der Waals surface area contributed by atoms with E-state index in [1.54, 1.807) is 54.5 Å². The molecule has 0 saturated heterocycles. The molecular weight excluding hydrogens is 466 g/mol. The Hall–Kier alpha value is -4.01. The lowest BCUT2D eigenvalue weighted by Crippen LogP contribution is -2.49. The molecule has 0 spiro atoms. The number of pyridine rings is 1. The molecule has 0 aliphatic heterocycles. The number of aromatic nitrogens is 3. The van der Waals surface area contributed by atoms with Crippen LogP contribution in [0.3, 0.4) is 0 Å². The number of nitrogens with zero attached hydrogens (tertiary/aromatic N) is 3. The fourth-order valence-electron chi connectivity index (χ4n) is 4.03. The van der Waals surface area contributed by atoms with Crippen molar-refractivity contribution >= 4 is 16.8 Å². The van der Waals surface area contributed by atoms with Gasteiger partial charge in [0.15, 0.2) is 0 Å². The highest BCUT2D eigenvalue weighted by Crippen LogP contribution is 2.31. The van der Waals surface area contributed by atoms with Gasteiger partial charge in [0.2, 0.25) is 0 Å². The Morgan fingerprint density at radius 2 is 1.81 bits per heavy atom. The van der Waals surface area contributed by atoms with Gasteiger partial charge < -0.3 is 14.6 Å². The van der Waals surface area contributed by atoms with Gasteiger partial charge in [-0.1, -0.05) is 44.2 Å². The van der Waals surface area contributed by atoms with E-state index in [0.717, 1.165) is 10.9 Å². The van der Waals surface area contributed by atoms with Gasteiger partial charge in [0.25, 0.3) is 11.5 Å². The smallest absolute Gasteiger partial charge is 0.321 e. The number of hydrogen-bond donors (Lipinski definition) is 1. The first-order chi connectivity index (χ1) is 17.1. The monoisotopic (exact) mass is 494 g/mol. The van der Waals surface area contributed by atoms with Gasteiger partial charge in [0, 0.05) is 25.6 Å². The zero-order valence-electron chi connectivity index (χ0n) is 20.5. The van der Waals surface area contributed by atoms with Crippen molar-refractivity contribution in [1.29, 1.82) is 0 Å². The number of alkyl halides is 2. The highest BCUT2D eigenvalue weighted by atomic mass is 19.3. The van der Waals surface area contributed by atoms with Gasteiger partial charge in [-0.3, -0.25) is 9.59 Å². The molecule has 0 unspecified atom stereocenters. The maximum atomic E-state index is 13.7. The van der Waals surface area contributed by atoms with Crippen molar-refractivity contribution in [3.8, 4) is 11.4 Å². The van der Waals surface area contributed by atoms with E-state index < -0.39 is 24.0 Å². The van der Waals surface area contributed by atoms with Crippen molar-refractivity contribution in [2.45, 2.75) is 38.8 Å². The molecule has 0 aliphatic rings. The first-order valence-corrected chi connectivity index (χ1v) is 11.6. The number of rotatable bonds is 8. The lowest BCUT2D eigenvalue weighted by molar-refractivity contribution is -0.145. The molecule has 4 rings (SSSR count). The second kappa shape index (κ2) is 9.93. The van der Waals surface area contributed by atoms with E-state index in [-0.39, 0.29) is 11.5 Å². The number of nitrogens with one attached hydrogen (secondary N) is 1. The van der Waals surface area contributed by atoms with Crippen molar-refractivity contribution < 1.29 is 18.3 Å². The van der Waals surface area contributed by atoms with Crippen LogP contribution in [-0.4, -0.2) is 32.2 Å². The molecule has 0 fully saturated rings. The van der Waals surface area contributed by atoms with E-state index in [2.05, 4.69) is 10.4 Å². The first kappa shape index (κ1) is 25.1. The number of amides is 1. The predicted octanol–water partition coefficient (Wildman–Crippen LogP) is 4.64. The SMILES string of the molecule is CC(C)[C@H](NC(=O)C(C)(F)F)[C@H](Oc1ccc2c(cnn2-c2cccn(C)c2=O)c1)c1ccccc1. The van der Waals surface area contributed by atoms with E-state index in [1.165, 1.54) is 4.57 Å². The minimum Gasteiger partial charge on any atom is -0.484 e. The molecule has 4 aromatic rings. The molecule has 1 N–H and O–H groups in total. The van der Waals surface area contributed by atoms with E-state index in [9.17, 15) is 18.4 Å². The molecule has 188 valence electrons. The summed E-state index contributed by atoms with van der Waals surface area (Å²) >= 11 is 0. The van der Waals surface area contributed by atoms with Gasteiger partial charge in [-0.2, -0.15) is 13.9 Å². The number of carbonyl (C=O) groups is 1. The summed E-state index contributed by atoms with van der Waals surface area (Å²) in [5, 5.41) is 7.60. The number of hydrogen-bond acceptors (Lipinski definition) is 4. The van der Waals surface area contributed by atoms with Gasteiger partial charge in [-0.05, 0) is 41.8 Å². The van der Waals surface area contributed by atoms with Gasteiger partial charge in [0.1, 0.15) is 17.5 Å². The Bertz CT molecular complexity index is 1420. The first-order valence-electron chi connectivity index (χ1n) is 11.6. The van der Waals surface area contributed by atoms with Crippen LogP contribution >= 0.6 is 0 Å². The summed E-state index contributed by atoms with van der Waals surface area (Å²) in [4.78, 5) is 24.7. The Morgan fingerprint density at radius 1 is 1.08 bits per heavy atom. The average Bonchev–Trinajstić information content (AvgIpc) is 3.25. The van der Waals surface area contributed by atoms with Crippen molar-refractivity contribution in [3.05, 3.63) is 89.0 Å². The molecule has 7 nitrogen and oxygen atoms in total. The highest BCUT2D eigenvalue weighted by Gasteiger charge is 2.37. The van der Waals surface area contributed by atoms with Crippen LogP contribution in [0.5, 0.6) is 5.75 Å². The number of halogens is 2. The molecule has 2 aromatic heterocycles. The molecule has 2 heterocycles. The minimum atomic E-state index is -3.52. The molecule has 0 bridgehead atoms. The summed E-state index contributed by atoms with van der Waals surface area (Å²) in [7, 11) is 1.67. The summed E-state index contributed by atoms with van der Waals surface area (Å²) in [5.41, 5.74) is 1.67. The normalized spacial score (nSPS) is 13.5. The van der Waals surface area contributed by atoms with Crippen LogP contribution in [-0.2, 0) is 11.8 Å². The van der Waals surface area contributed by atoms with Gasteiger partial charge in [0.05, 0.1) is 17.8 Å². The zero-order valence-corrected chi connectivity index (χ0v) is 20.5. The summed E-state index contributed by atoms with van der Waals surface area (Å²) in [6.07, 6.45) is 2.57. The third-order valence-corrected chi connectivity index (χ3v) is 6.00. The van der Waals surface area contributed by atoms with Crippen molar-refractivity contribution in [2.24, 2.45) is 13.0 Å². The molecule has 0 radical (unpaired) electrons. The largest absolute Gasteiger partial charge is 0.484 e. The van der Waals surface area contributed by atoms with Crippen LogP contribution in [0.25, 0.3) is 16.6 Å². The second-order valence-corrected chi connectivity index (χ2v) is 9.17. The summed E-state index contributed by atoms with van der Waals surface area (Å²) in [5.74, 6) is -4.61. The molecular formula is C27H28F2N4O3. The number of carbonyl (C=O) groups excluding carboxylic acids is 1. The third-order valence-electron chi connectivity index (χ3n) is 6.00. The van der Waals surface area contributed by atoms with Gasteiger partial charge in [-0.15, -0.1) is 0 Å². The maximum absolute atomic E-state index is 13.7. The quantitative estimate of drug-likeness (QED) is 0.387. The third kappa shape index (κ3) is 5.15. The molecule has 2 aromatic carbocycles. The predicted molar refractivity (Wildman–Crippen MR) is 134 cm³/mol. The topological polar surface area (TPSA) is 78.2 Å². The van der Waals surface area contributed by atoms with E-state index >= 15 is 0 Å². The Balaban J connectivity index is 1.71. The number of aryl methyl sites for hydroxylation is 1. The number of ether oxygens (including phenoxy) is 1. The molecule has 0 aliphatic carbocycles. The summed E-state index contributed by atoms with van der Waals surface area (Å²) in [6.45, 7) is 4.25. The van der Waals surface area contributed by atoms with Crippen LogP contribution in [0, 0.1) is 5.92 Å². The number of fused-ring (bicyclic) bond motifs is 1. The fraction of sp³-hybridized carbons (Fsp3) is 0.296. The van der Waals surface area contributed by atoms with Gasteiger partial charge in [-0.25, -0.2) is 4.68 Å². The molecule has 36 heavy (non-hydrogen) atoms. The minimum absolute atomic E-state index is 0.185. The Kier molecular flexibility index (Phi) is 6.92. The average molecular weight is 495 g/mol. The van der Waals surface area contributed by atoms with Crippen molar-refractivity contribution in [1.82, 2.24) is 19.7 Å². The van der Waals surface area contributed by atoms with E-state index in [4.69, 9.17) is 4.74 Å². The van der Waals surface area contributed by atoms with Crippen LogP contribution in [0.2, 0.25) is 0 Å². The zero-order chi connectivity index (χ0) is 26.0. The van der Waals surface area contributed by atoms with Crippen LogP contribution in [0.4, 0.5) is 8.78 Å². The lowest BCUT2D eigenvalue weighted by Gasteiger charge is -2.32. The van der Waals surface area contributed by atoms with Crippen molar-refractivity contribution in [3.63, 3.8) is 0 Å². The summed E-state index contributed by atoms with van der Waals surface area (Å²) in [6, 6.07) is 17.2. The molecule has 9 heteroatoms. The summed E-state index contributed by atoms with van der Waals surface area (Å²) < 4.78 is 36.8. The molecule has 0 saturated carbocycles. The van der Waals surface area contributed by atoms with Crippen molar-refractivity contribution in [2.75, 3.05) is 0 Å². The second-order valence-electron chi connectivity index (χ2n) is 9.17. The van der Waals surface area contributed by atoms with Crippen LogP contribution < -0.4 is 15.6 Å². The van der Waals surface area contributed by atoms with E-state index in [1.807, 2.05) is 44.2 Å². The lowest BCUT2D eigenvalue weighted by atomic mass is 9.92. The molecule has 1 amide bonds. The van der Waals surface area contributed by atoms with E-state index in [0.29, 0.717) is 23.9 Å². The fourth-order valence-corrected chi connectivity index (χ4v) is 4.03. The Morgan fingerprint density at radius 3 is 2.47 bits per heavy atom. The Labute approximate surface area is 207 Å².